The zero-order valence-corrected chi connectivity index (χ0v) is 10.6. The van der Waals surface area contributed by atoms with E-state index in [0.717, 1.165) is 5.01 Å². The van der Waals surface area contributed by atoms with Crippen molar-refractivity contribution in [1.82, 2.24) is 5.10 Å². The molecule has 0 amide bonds. The molecule has 0 unspecified atom stereocenters. The number of aromatic nitrogens is 2. The number of hydrogen-bond donors (Lipinski definition) is 0. The molecule has 1 aromatic carbocycles. The maximum absolute atomic E-state index is 9.75. The highest BCUT2D eigenvalue weighted by Crippen LogP contribution is 2.21. The first kappa shape index (κ1) is 14.6. The summed E-state index contributed by atoms with van der Waals surface area (Å²) in [6, 6.07) is 10.2. The zero-order chi connectivity index (χ0) is 13.8. The maximum Gasteiger partial charge on any atom is 0.673 e. The van der Waals surface area contributed by atoms with Crippen LogP contribution in [0.4, 0.5) is 17.3 Å². The molecule has 18 heavy (non-hydrogen) atoms. The van der Waals surface area contributed by atoms with Gasteiger partial charge in [0, 0.05) is 17.6 Å². The summed E-state index contributed by atoms with van der Waals surface area (Å²) in [7, 11) is -4.03. The van der Waals surface area contributed by atoms with Gasteiger partial charge < -0.3 is 17.3 Å². The summed E-state index contributed by atoms with van der Waals surface area (Å²) in [5.74, 6) is 0. The first-order valence-corrected chi connectivity index (χ1v) is 5.85. The number of hydrogen-bond acceptors (Lipinski definition) is 2. The van der Waals surface area contributed by atoms with E-state index in [1.54, 1.807) is 11.3 Å². The predicted octanol–water partition coefficient (Wildman–Crippen LogP) is 3.24. The molecular weight excluding hydrogens is 267 g/mol. The van der Waals surface area contributed by atoms with E-state index in [1.807, 2.05) is 29.9 Å². The minimum atomic E-state index is -6.00. The van der Waals surface area contributed by atoms with Crippen molar-refractivity contribution in [2.24, 2.45) is 7.05 Å². The molecular formula is C10H11BF4N2S. The summed E-state index contributed by atoms with van der Waals surface area (Å²) in [4.78, 5) is 0. The Kier molecular flexibility index (Phi) is 4.83. The monoisotopic (exact) mass is 278 g/mol. The lowest BCUT2D eigenvalue weighted by Gasteiger charge is -1.94. The Bertz CT molecular complexity index is 473. The smallest absolute Gasteiger partial charge is 0.418 e. The lowest BCUT2D eigenvalue weighted by molar-refractivity contribution is -0.730. The van der Waals surface area contributed by atoms with Crippen LogP contribution in [0, 0.1) is 6.92 Å². The fraction of sp³-hybridized carbons (Fsp3) is 0.200. The van der Waals surface area contributed by atoms with E-state index in [0.29, 0.717) is 0 Å². The second-order valence-electron chi connectivity index (χ2n) is 3.41. The van der Waals surface area contributed by atoms with Crippen molar-refractivity contribution in [3.8, 4) is 10.6 Å². The predicted molar refractivity (Wildman–Crippen MR) is 63.6 cm³/mol. The molecule has 1 heterocycles. The van der Waals surface area contributed by atoms with Gasteiger partial charge in [-0.1, -0.05) is 35.0 Å². The molecule has 2 nitrogen and oxygen atoms in total. The normalized spacial score (nSPS) is 10.8. The molecule has 0 N–H and O–H groups in total. The van der Waals surface area contributed by atoms with Gasteiger partial charge in [-0.15, -0.1) is 0 Å². The minimum absolute atomic E-state index is 1.08. The minimum Gasteiger partial charge on any atom is -0.418 e. The van der Waals surface area contributed by atoms with Crippen LogP contribution < -0.4 is 4.68 Å². The van der Waals surface area contributed by atoms with Gasteiger partial charge in [-0.25, -0.2) is 0 Å². The fourth-order valence-electron chi connectivity index (χ4n) is 1.13. The lowest BCUT2D eigenvalue weighted by Crippen LogP contribution is -2.32. The first-order chi connectivity index (χ1) is 8.27. The summed E-state index contributed by atoms with van der Waals surface area (Å²) in [5, 5.41) is 6.72. The summed E-state index contributed by atoms with van der Waals surface area (Å²) in [6.45, 7) is 2.07. The average molecular weight is 278 g/mol. The molecule has 2 rings (SSSR count). The Hall–Kier alpha value is -1.44. The molecule has 0 atom stereocenters. The largest absolute Gasteiger partial charge is 0.673 e. The van der Waals surface area contributed by atoms with Gasteiger partial charge in [-0.3, -0.25) is 0 Å². The SMILES string of the molecule is Cc1sc(-c2ccccc2)n[n+]1C.F[B-](F)(F)F. The van der Waals surface area contributed by atoms with E-state index in [-0.39, 0.29) is 0 Å². The maximum atomic E-state index is 9.75. The van der Waals surface area contributed by atoms with E-state index >= 15 is 0 Å². The quantitative estimate of drug-likeness (QED) is 0.444. The third-order valence-corrected chi connectivity index (χ3v) is 3.03. The van der Waals surface area contributed by atoms with E-state index in [9.17, 15) is 17.3 Å². The molecule has 0 aliphatic heterocycles. The van der Waals surface area contributed by atoms with Gasteiger partial charge in [0.1, 0.15) is 0 Å². The first-order valence-electron chi connectivity index (χ1n) is 5.04. The highest BCUT2D eigenvalue weighted by molar-refractivity contribution is 7.14. The van der Waals surface area contributed by atoms with E-state index in [4.69, 9.17) is 0 Å². The van der Waals surface area contributed by atoms with Crippen molar-refractivity contribution >= 4 is 18.6 Å². The molecule has 0 saturated heterocycles. The third kappa shape index (κ3) is 5.26. The second kappa shape index (κ2) is 5.95. The summed E-state index contributed by atoms with van der Waals surface area (Å²) in [6.07, 6.45) is 0. The Morgan fingerprint density at radius 1 is 1.11 bits per heavy atom. The molecule has 0 fully saturated rings. The Morgan fingerprint density at radius 2 is 1.61 bits per heavy atom. The zero-order valence-electron chi connectivity index (χ0n) is 9.78. The van der Waals surface area contributed by atoms with Gasteiger partial charge in [-0.2, -0.15) is 0 Å². The molecule has 0 radical (unpaired) electrons. The van der Waals surface area contributed by atoms with Gasteiger partial charge in [0.05, 0.1) is 0 Å². The van der Waals surface area contributed by atoms with Gasteiger partial charge >= 0.3 is 7.25 Å². The second-order valence-corrected chi connectivity index (χ2v) is 4.59. The van der Waals surface area contributed by atoms with Crippen LogP contribution in [0.25, 0.3) is 10.6 Å². The summed E-state index contributed by atoms with van der Waals surface area (Å²) >= 11 is 1.72. The van der Waals surface area contributed by atoms with E-state index in [1.165, 1.54) is 10.6 Å². The van der Waals surface area contributed by atoms with E-state index in [2.05, 4.69) is 24.2 Å². The van der Waals surface area contributed by atoms with Crippen LogP contribution >= 0.6 is 11.3 Å². The number of aryl methyl sites for hydroxylation is 2. The van der Waals surface area contributed by atoms with Crippen molar-refractivity contribution in [3.05, 3.63) is 35.3 Å². The molecule has 0 saturated carbocycles. The van der Waals surface area contributed by atoms with Crippen molar-refractivity contribution in [1.29, 1.82) is 0 Å². The van der Waals surface area contributed by atoms with Crippen LogP contribution in [0.15, 0.2) is 30.3 Å². The van der Waals surface area contributed by atoms with Crippen LogP contribution in [0.3, 0.4) is 0 Å². The van der Waals surface area contributed by atoms with Gasteiger partial charge in [-0.05, 0) is 11.3 Å². The van der Waals surface area contributed by atoms with Crippen LogP contribution in [-0.4, -0.2) is 12.4 Å². The van der Waals surface area contributed by atoms with Crippen molar-refractivity contribution < 1.29 is 21.9 Å². The molecule has 8 heteroatoms. The van der Waals surface area contributed by atoms with E-state index < -0.39 is 7.25 Å². The Balaban J connectivity index is 0.000000280. The standard InChI is InChI=1S/C10H11N2S.BF4/c1-8-12(2)11-10(13-8)9-6-4-3-5-7-9;2-1(3,4)5/h3-7H,1-2H3;/q+1;-1. The lowest BCUT2D eigenvalue weighted by atomic mass is 10.2. The molecule has 2 aromatic rings. The summed E-state index contributed by atoms with van der Waals surface area (Å²) in [5.41, 5.74) is 1.19. The topological polar surface area (TPSA) is 16.8 Å². The number of benzene rings is 1. The molecule has 0 bridgehead atoms. The molecule has 0 aliphatic rings. The number of rotatable bonds is 1. The van der Waals surface area contributed by atoms with Gasteiger partial charge in [0.15, 0.2) is 12.1 Å². The highest BCUT2D eigenvalue weighted by Gasteiger charge is 2.20. The van der Waals surface area contributed by atoms with Crippen LogP contribution in [0.5, 0.6) is 0 Å². The average Bonchev–Trinajstić information content (AvgIpc) is 2.58. The van der Waals surface area contributed by atoms with Gasteiger partial charge in [0.25, 0.3) is 5.01 Å². The third-order valence-electron chi connectivity index (χ3n) is 1.96. The fourth-order valence-corrected chi connectivity index (χ4v) is 2.00. The molecule has 0 aliphatic carbocycles. The highest BCUT2D eigenvalue weighted by atomic mass is 32.1. The molecule has 98 valence electrons. The molecule has 0 spiro atoms. The Labute approximate surface area is 106 Å². The number of halogens is 4. The summed E-state index contributed by atoms with van der Waals surface area (Å²) < 4.78 is 40.9. The van der Waals surface area contributed by atoms with Crippen LogP contribution in [0.2, 0.25) is 0 Å². The number of nitrogens with zero attached hydrogens (tertiary/aromatic N) is 2. The van der Waals surface area contributed by atoms with Crippen LogP contribution in [0.1, 0.15) is 5.01 Å². The van der Waals surface area contributed by atoms with Crippen LogP contribution in [-0.2, 0) is 7.05 Å². The van der Waals surface area contributed by atoms with Crippen molar-refractivity contribution in [3.63, 3.8) is 0 Å². The van der Waals surface area contributed by atoms with Crippen molar-refractivity contribution in [2.45, 2.75) is 6.92 Å². The Morgan fingerprint density at radius 3 is 2.00 bits per heavy atom. The van der Waals surface area contributed by atoms with Gasteiger partial charge in [0.2, 0.25) is 0 Å². The van der Waals surface area contributed by atoms with Crippen molar-refractivity contribution in [2.75, 3.05) is 0 Å². The molecule has 1 aromatic heterocycles.